The standard InChI is InChI=1S/C14H17F3N4/c1-3-4-18-12-8-10(14(15,16)17)7-11(20-12)9-13-19-5-6-21(13)2/h5-8H,3-4,9H2,1-2H3,(H,18,20). The highest BCUT2D eigenvalue weighted by Crippen LogP contribution is 2.31. The molecule has 0 aliphatic rings. The van der Waals surface area contributed by atoms with E-state index in [1.165, 1.54) is 0 Å². The third kappa shape index (κ3) is 3.96. The van der Waals surface area contributed by atoms with Gasteiger partial charge in [0, 0.05) is 32.4 Å². The maximum absolute atomic E-state index is 13.0. The van der Waals surface area contributed by atoms with Crippen molar-refractivity contribution in [3.05, 3.63) is 41.6 Å². The van der Waals surface area contributed by atoms with Crippen molar-refractivity contribution in [1.82, 2.24) is 14.5 Å². The molecule has 7 heteroatoms. The Morgan fingerprint density at radius 2 is 2.05 bits per heavy atom. The number of halogens is 3. The molecule has 2 aromatic rings. The van der Waals surface area contributed by atoms with Crippen LogP contribution in [0.1, 0.15) is 30.4 Å². The van der Waals surface area contributed by atoms with Crippen LogP contribution in [0.5, 0.6) is 0 Å². The van der Waals surface area contributed by atoms with Crippen molar-refractivity contribution in [1.29, 1.82) is 0 Å². The van der Waals surface area contributed by atoms with E-state index < -0.39 is 11.7 Å². The molecule has 1 N–H and O–H groups in total. The monoisotopic (exact) mass is 298 g/mol. The number of imidazole rings is 1. The van der Waals surface area contributed by atoms with Crippen LogP contribution in [0.25, 0.3) is 0 Å². The number of hydrogen-bond donors (Lipinski definition) is 1. The summed E-state index contributed by atoms with van der Waals surface area (Å²) in [6.45, 7) is 2.52. The summed E-state index contributed by atoms with van der Waals surface area (Å²) in [4.78, 5) is 8.35. The lowest BCUT2D eigenvalue weighted by Gasteiger charge is -2.12. The van der Waals surface area contributed by atoms with E-state index in [0.29, 0.717) is 18.1 Å². The zero-order valence-electron chi connectivity index (χ0n) is 11.9. The molecule has 0 atom stereocenters. The quantitative estimate of drug-likeness (QED) is 0.921. The van der Waals surface area contributed by atoms with E-state index in [1.54, 1.807) is 24.0 Å². The molecule has 0 aliphatic carbocycles. The van der Waals surface area contributed by atoms with Crippen molar-refractivity contribution in [2.24, 2.45) is 7.05 Å². The molecule has 2 rings (SSSR count). The fourth-order valence-corrected chi connectivity index (χ4v) is 1.91. The first-order chi connectivity index (χ1) is 9.90. The summed E-state index contributed by atoms with van der Waals surface area (Å²) >= 11 is 0. The number of nitrogens with one attached hydrogen (secondary N) is 1. The molecular formula is C14H17F3N4. The molecule has 0 fully saturated rings. The van der Waals surface area contributed by atoms with Gasteiger partial charge in [0.05, 0.1) is 11.3 Å². The molecule has 0 aromatic carbocycles. The third-order valence-electron chi connectivity index (χ3n) is 3.02. The highest BCUT2D eigenvalue weighted by Gasteiger charge is 2.31. The number of alkyl halides is 3. The van der Waals surface area contributed by atoms with Gasteiger partial charge in [-0.05, 0) is 18.6 Å². The van der Waals surface area contributed by atoms with Crippen LogP contribution in [0.4, 0.5) is 19.0 Å². The van der Waals surface area contributed by atoms with E-state index in [9.17, 15) is 13.2 Å². The summed E-state index contributed by atoms with van der Waals surface area (Å²) in [5, 5.41) is 2.90. The summed E-state index contributed by atoms with van der Waals surface area (Å²) in [7, 11) is 1.80. The molecule has 0 aliphatic heterocycles. The number of rotatable bonds is 5. The normalized spacial score (nSPS) is 11.7. The number of aryl methyl sites for hydroxylation is 1. The zero-order chi connectivity index (χ0) is 15.5. The smallest absolute Gasteiger partial charge is 0.370 e. The number of pyridine rings is 1. The molecule has 2 heterocycles. The van der Waals surface area contributed by atoms with E-state index in [4.69, 9.17) is 0 Å². The molecule has 0 unspecified atom stereocenters. The lowest BCUT2D eigenvalue weighted by atomic mass is 10.1. The number of hydrogen-bond acceptors (Lipinski definition) is 3. The second-order valence-corrected chi connectivity index (χ2v) is 4.79. The number of anilines is 1. The van der Waals surface area contributed by atoms with E-state index in [0.717, 1.165) is 18.6 Å². The minimum atomic E-state index is -4.39. The average molecular weight is 298 g/mol. The molecule has 114 valence electrons. The van der Waals surface area contributed by atoms with Crippen LogP contribution < -0.4 is 5.32 Å². The predicted molar refractivity (Wildman–Crippen MR) is 74.0 cm³/mol. The van der Waals surface area contributed by atoms with Crippen molar-refractivity contribution in [3.63, 3.8) is 0 Å². The van der Waals surface area contributed by atoms with Gasteiger partial charge < -0.3 is 9.88 Å². The van der Waals surface area contributed by atoms with Crippen LogP contribution >= 0.6 is 0 Å². The maximum atomic E-state index is 13.0. The van der Waals surface area contributed by atoms with Crippen molar-refractivity contribution >= 4 is 5.82 Å². The Hall–Kier alpha value is -2.05. The van der Waals surface area contributed by atoms with Crippen molar-refractivity contribution < 1.29 is 13.2 Å². The van der Waals surface area contributed by atoms with E-state index in [1.807, 2.05) is 6.92 Å². The molecular weight excluding hydrogens is 281 g/mol. The van der Waals surface area contributed by atoms with Crippen molar-refractivity contribution in [2.75, 3.05) is 11.9 Å². The summed E-state index contributed by atoms with van der Waals surface area (Å²) in [5.41, 5.74) is -0.349. The maximum Gasteiger partial charge on any atom is 0.416 e. The number of nitrogens with zero attached hydrogens (tertiary/aromatic N) is 3. The third-order valence-corrected chi connectivity index (χ3v) is 3.02. The summed E-state index contributed by atoms with van der Waals surface area (Å²) in [5.74, 6) is 0.916. The Bertz CT molecular complexity index is 605. The van der Waals surface area contributed by atoms with E-state index >= 15 is 0 Å². The van der Waals surface area contributed by atoms with Crippen molar-refractivity contribution in [2.45, 2.75) is 25.9 Å². The van der Waals surface area contributed by atoms with Crippen LogP contribution in [0, 0.1) is 0 Å². The van der Waals surface area contributed by atoms with Gasteiger partial charge >= 0.3 is 6.18 Å². The van der Waals surface area contributed by atoms with Gasteiger partial charge in [-0.15, -0.1) is 0 Å². The summed E-state index contributed by atoms with van der Waals surface area (Å²) in [6.07, 6.45) is 0.0429. The van der Waals surface area contributed by atoms with Gasteiger partial charge in [0.2, 0.25) is 0 Å². The molecule has 0 amide bonds. The second-order valence-electron chi connectivity index (χ2n) is 4.79. The fraction of sp³-hybridized carbons (Fsp3) is 0.429. The molecule has 0 bridgehead atoms. The van der Waals surface area contributed by atoms with Crippen LogP contribution in [-0.2, 0) is 19.6 Å². The molecule has 0 radical (unpaired) electrons. The SMILES string of the molecule is CCCNc1cc(C(F)(F)F)cc(Cc2nccn2C)n1. The molecule has 2 aromatic heterocycles. The number of aromatic nitrogens is 3. The van der Waals surface area contributed by atoms with Gasteiger partial charge in [0.25, 0.3) is 0 Å². The molecule has 0 saturated carbocycles. The van der Waals surface area contributed by atoms with E-state index in [-0.39, 0.29) is 12.2 Å². The Morgan fingerprint density at radius 3 is 2.62 bits per heavy atom. The van der Waals surface area contributed by atoms with Crippen LogP contribution in [0.15, 0.2) is 24.5 Å². The highest BCUT2D eigenvalue weighted by atomic mass is 19.4. The molecule has 0 saturated heterocycles. The van der Waals surface area contributed by atoms with Crippen molar-refractivity contribution in [3.8, 4) is 0 Å². The molecule has 0 spiro atoms. The second kappa shape index (κ2) is 6.15. The van der Waals surface area contributed by atoms with Crippen LogP contribution in [0.3, 0.4) is 0 Å². The Labute approximate surface area is 121 Å². The highest BCUT2D eigenvalue weighted by molar-refractivity contribution is 5.41. The largest absolute Gasteiger partial charge is 0.416 e. The Morgan fingerprint density at radius 1 is 1.29 bits per heavy atom. The molecule has 4 nitrogen and oxygen atoms in total. The summed E-state index contributed by atoms with van der Waals surface area (Å²) in [6, 6.07) is 2.11. The predicted octanol–water partition coefficient (Wildman–Crippen LogP) is 3.25. The Balaban J connectivity index is 2.33. The minimum absolute atomic E-state index is 0.246. The topological polar surface area (TPSA) is 42.7 Å². The van der Waals surface area contributed by atoms with Gasteiger partial charge in [0.15, 0.2) is 0 Å². The molecule has 21 heavy (non-hydrogen) atoms. The van der Waals surface area contributed by atoms with Gasteiger partial charge in [-0.2, -0.15) is 13.2 Å². The van der Waals surface area contributed by atoms with Gasteiger partial charge in [-0.3, -0.25) is 0 Å². The van der Waals surface area contributed by atoms with Gasteiger partial charge in [-0.1, -0.05) is 6.92 Å². The first kappa shape index (κ1) is 15.3. The van der Waals surface area contributed by atoms with Crippen LogP contribution in [-0.4, -0.2) is 21.1 Å². The zero-order valence-corrected chi connectivity index (χ0v) is 11.9. The summed E-state index contributed by atoms with van der Waals surface area (Å²) < 4.78 is 40.6. The first-order valence-corrected chi connectivity index (χ1v) is 6.68. The van der Waals surface area contributed by atoms with Gasteiger partial charge in [-0.25, -0.2) is 9.97 Å². The van der Waals surface area contributed by atoms with E-state index in [2.05, 4.69) is 15.3 Å². The van der Waals surface area contributed by atoms with Gasteiger partial charge in [0.1, 0.15) is 11.6 Å². The minimum Gasteiger partial charge on any atom is -0.370 e. The lowest BCUT2D eigenvalue weighted by molar-refractivity contribution is -0.137. The van der Waals surface area contributed by atoms with Crippen LogP contribution in [0.2, 0.25) is 0 Å². The fourth-order valence-electron chi connectivity index (χ4n) is 1.91. The average Bonchev–Trinajstić information content (AvgIpc) is 2.81. The Kier molecular flexibility index (Phi) is 4.50. The lowest BCUT2D eigenvalue weighted by Crippen LogP contribution is -2.11. The first-order valence-electron chi connectivity index (χ1n) is 6.68.